The van der Waals surface area contributed by atoms with Crippen LogP contribution < -0.4 is 10.6 Å². The van der Waals surface area contributed by atoms with Gasteiger partial charge in [0.15, 0.2) is 0 Å². The van der Waals surface area contributed by atoms with Gasteiger partial charge in [-0.05, 0) is 38.1 Å². The zero-order valence-corrected chi connectivity index (χ0v) is 8.00. The predicted octanol–water partition coefficient (Wildman–Crippen LogP) is 1.93. The van der Waals surface area contributed by atoms with Gasteiger partial charge in [-0.1, -0.05) is 18.6 Å². The largest absolute Gasteiger partial charge is 0.368 e. The highest BCUT2D eigenvalue weighted by molar-refractivity contribution is 5.14. The highest BCUT2D eigenvalue weighted by atomic mass is 14.9. The zero-order valence-electron chi connectivity index (χ0n) is 8.00. The van der Waals surface area contributed by atoms with Gasteiger partial charge in [-0.3, -0.25) is 0 Å². The monoisotopic (exact) mass is 178 g/mol. The molecule has 0 spiro atoms. The van der Waals surface area contributed by atoms with Crippen LogP contribution in [0.2, 0.25) is 0 Å². The molecule has 2 aliphatic rings. The molecule has 0 bridgehead atoms. The Hall–Kier alpha value is -1.02. The first-order chi connectivity index (χ1) is 6.50. The lowest BCUT2D eigenvalue weighted by Gasteiger charge is -2.08. The van der Waals surface area contributed by atoms with Gasteiger partial charge in [0.25, 0.3) is 0 Å². The quantitative estimate of drug-likeness (QED) is 0.592. The van der Waals surface area contributed by atoms with Gasteiger partial charge in [0.1, 0.15) is 0 Å². The van der Waals surface area contributed by atoms with E-state index in [0.29, 0.717) is 0 Å². The van der Waals surface area contributed by atoms with E-state index in [1.807, 2.05) is 36.7 Å². The average Bonchev–Trinajstić information content (AvgIpc) is 2.53. The van der Waals surface area contributed by atoms with Crippen LogP contribution in [0.25, 0.3) is 0 Å². The fraction of sp³-hybridized carbons (Fsp3) is 0.455. The second-order valence-corrected chi connectivity index (χ2v) is 3.08. The molecular weight excluding hydrogens is 160 g/mol. The molecule has 0 aromatic rings. The normalized spacial score (nSPS) is 19.7. The van der Waals surface area contributed by atoms with Crippen LogP contribution >= 0.6 is 0 Å². The minimum atomic E-state index is 1.25. The van der Waals surface area contributed by atoms with Crippen LogP contribution in [-0.2, 0) is 0 Å². The Kier molecular flexibility index (Phi) is 5.90. The molecule has 2 heterocycles. The van der Waals surface area contributed by atoms with E-state index < -0.39 is 0 Å². The van der Waals surface area contributed by atoms with Gasteiger partial charge >= 0.3 is 0 Å². The van der Waals surface area contributed by atoms with Crippen LogP contribution in [-0.4, -0.2) is 13.1 Å². The van der Waals surface area contributed by atoms with Crippen molar-refractivity contribution in [2.75, 3.05) is 13.1 Å². The van der Waals surface area contributed by atoms with Gasteiger partial charge in [-0.15, -0.1) is 0 Å². The number of allylic oxidation sites excluding steroid dienone is 4. The molecule has 0 saturated carbocycles. The predicted molar refractivity (Wildman–Crippen MR) is 57.3 cm³/mol. The minimum absolute atomic E-state index is 1.25. The number of piperidine rings is 1. The molecule has 2 nitrogen and oxygen atoms in total. The molecule has 0 amide bonds. The van der Waals surface area contributed by atoms with Crippen molar-refractivity contribution in [2.24, 2.45) is 0 Å². The Balaban J connectivity index is 0.000000132. The van der Waals surface area contributed by atoms with E-state index in [9.17, 15) is 0 Å². The second-order valence-electron chi connectivity index (χ2n) is 3.08. The summed E-state index contributed by atoms with van der Waals surface area (Å²) in [5, 5.41) is 6.21. The molecule has 13 heavy (non-hydrogen) atoms. The molecule has 1 saturated heterocycles. The van der Waals surface area contributed by atoms with Crippen molar-refractivity contribution >= 4 is 0 Å². The Labute approximate surface area is 80.4 Å². The maximum Gasteiger partial charge on any atom is 0.000442 e. The van der Waals surface area contributed by atoms with Crippen LogP contribution in [0.15, 0.2) is 36.7 Å². The average molecular weight is 178 g/mol. The van der Waals surface area contributed by atoms with Crippen LogP contribution in [0.5, 0.6) is 0 Å². The van der Waals surface area contributed by atoms with E-state index in [2.05, 4.69) is 10.6 Å². The molecular formula is C11H18N2. The standard InChI is InChI=1S/C6H7N.C5H11N/c1-2-4-6-7-5-3-1;1-2-4-6-5-3-1/h1-7H;6H,1-5H2. The van der Waals surface area contributed by atoms with Crippen LogP contribution in [0.3, 0.4) is 0 Å². The number of rotatable bonds is 0. The third-order valence-electron chi connectivity index (χ3n) is 1.93. The Morgan fingerprint density at radius 3 is 1.69 bits per heavy atom. The third-order valence-corrected chi connectivity index (χ3v) is 1.93. The van der Waals surface area contributed by atoms with Crippen molar-refractivity contribution in [3.8, 4) is 0 Å². The summed E-state index contributed by atoms with van der Waals surface area (Å²) in [5.74, 6) is 0. The van der Waals surface area contributed by atoms with Crippen molar-refractivity contribution in [3.63, 3.8) is 0 Å². The van der Waals surface area contributed by atoms with Crippen molar-refractivity contribution in [1.82, 2.24) is 10.6 Å². The van der Waals surface area contributed by atoms with Crippen molar-refractivity contribution in [1.29, 1.82) is 0 Å². The smallest absolute Gasteiger partial charge is 0.000442 e. The minimum Gasteiger partial charge on any atom is -0.368 e. The molecule has 0 aliphatic carbocycles. The maximum atomic E-state index is 3.28. The number of hydrogen-bond acceptors (Lipinski definition) is 2. The van der Waals surface area contributed by atoms with Gasteiger partial charge in [0.2, 0.25) is 0 Å². The van der Waals surface area contributed by atoms with Gasteiger partial charge in [-0.2, -0.15) is 0 Å². The summed E-state index contributed by atoms with van der Waals surface area (Å²) in [5.41, 5.74) is 0. The maximum absolute atomic E-state index is 3.28. The molecule has 1 fully saturated rings. The van der Waals surface area contributed by atoms with Crippen molar-refractivity contribution in [3.05, 3.63) is 36.7 Å². The summed E-state index contributed by atoms with van der Waals surface area (Å²) >= 11 is 0. The molecule has 72 valence electrons. The van der Waals surface area contributed by atoms with Crippen molar-refractivity contribution < 1.29 is 0 Å². The first kappa shape index (κ1) is 10.1. The highest BCUT2D eigenvalue weighted by Gasteiger charge is 1.93. The molecule has 2 rings (SSSR count). The molecule has 0 atom stereocenters. The van der Waals surface area contributed by atoms with E-state index in [1.54, 1.807) is 0 Å². The third kappa shape index (κ3) is 6.17. The summed E-state index contributed by atoms with van der Waals surface area (Å²) < 4.78 is 0. The lowest BCUT2D eigenvalue weighted by Crippen LogP contribution is -2.21. The summed E-state index contributed by atoms with van der Waals surface area (Å²) in [4.78, 5) is 0. The molecule has 2 N–H and O–H groups in total. The summed E-state index contributed by atoms with van der Waals surface area (Å²) in [6.45, 7) is 2.50. The van der Waals surface area contributed by atoms with Gasteiger partial charge in [-0.25, -0.2) is 0 Å². The Morgan fingerprint density at radius 1 is 0.692 bits per heavy atom. The highest BCUT2D eigenvalue weighted by Crippen LogP contribution is 1.96. The second kappa shape index (κ2) is 7.62. The zero-order chi connectivity index (χ0) is 9.19. The summed E-state index contributed by atoms with van der Waals surface area (Å²) in [6, 6.07) is 0. The van der Waals surface area contributed by atoms with Crippen LogP contribution in [0.4, 0.5) is 0 Å². The topological polar surface area (TPSA) is 24.1 Å². The van der Waals surface area contributed by atoms with Crippen LogP contribution in [0, 0.1) is 0 Å². The van der Waals surface area contributed by atoms with Gasteiger partial charge in [0.05, 0.1) is 0 Å². The molecule has 0 aromatic carbocycles. The van der Waals surface area contributed by atoms with Gasteiger partial charge < -0.3 is 10.6 Å². The lowest BCUT2D eigenvalue weighted by atomic mass is 10.2. The molecule has 0 unspecified atom stereocenters. The van der Waals surface area contributed by atoms with Crippen LogP contribution in [0.1, 0.15) is 19.3 Å². The lowest BCUT2D eigenvalue weighted by molar-refractivity contribution is 0.520. The van der Waals surface area contributed by atoms with E-state index in [4.69, 9.17) is 0 Å². The fourth-order valence-electron chi connectivity index (χ4n) is 1.21. The number of hydrogen-bond donors (Lipinski definition) is 2. The summed E-state index contributed by atoms with van der Waals surface area (Å²) in [6.07, 6.45) is 15.8. The molecule has 2 heteroatoms. The molecule has 0 aromatic heterocycles. The fourth-order valence-corrected chi connectivity index (χ4v) is 1.21. The summed E-state index contributed by atoms with van der Waals surface area (Å²) in [7, 11) is 0. The van der Waals surface area contributed by atoms with Crippen molar-refractivity contribution in [2.45, 2.75) is 19.3 Å². The van der Waals surface area contributed by atoms with E-state index in [0.717, 1.165) is 0 Å². The first-order valence-corrected chi connectivity index (χ1v) is 4.95. The first-order valence-electron chi connectivity index (χ1n) is 4.95. The van der Waals surface area contributed by atoms with E-state index in [-0.39, 0.29) is 0 Å². The molecule has 2 aliphatic heterocycles. The van der Waals surface area contributed by atoms with Gasteiger partial charge in [0, 0.05) is 12.4 Å². The Morgan fingerprint density at radius 2 is 1.31 bits per heavy atom. The van der Waals surface area contributed by atoms with E-state index >= 15 is 0 Å². The van der Waals surface area contributed by atoms with E-state index in [1.165, 1.54) is 32.4 Å². The number of nitrogens with one attached hydrogen (secondary N) is 2. The molecule has 0 radical (unpaired) electrons. The Bertz CT molecular complexity index is 163. The SMILES string of the molecule is C1=CC=CNC=C1.C1CCNCC1.